The number of benzene rings is 2. The van der Waals surface area contributed by atoms with E-state index in [0.29, 0.717) is 11.7 Å². The highest BCUT2D eigenvalue weighted by atomic mass is 16.5. The van der Waals surface area contributed by atoms with Crippen LogP contribution < -0.4 is 4.74 Å². The van der Waals surface area contributed by atoms with Gasteiger partial charge in [0.1, 0.15) is 11.5 Å². The minimum absolute atomic E-state index is 0.0988. The lowest BCUT2D eigenvalue weighted by atomic mass is 9.77. The zero-order valence-corrected chi connectivity index (χ0v) is 15.3. The summed E-state index contributed by atoms with van der Waals surface area (Å²) in [6.45, 7) is 5.05. The number of hydrogen-bond donors (Lipinski definition) is 0. The number of carbonyl (C=O) groups is 1. The summed E-state index contributed by atoms with van der Waals surface area (Å²) in [4.78, 5) is 12.4. The maximum absolute atomic E-state index is 12.4. The van der Waals surface area contributed by atoms with Gasteiger partial charge < -0.3 is 4.74 Å². The SMILES string of the molecule is CCCOc1ccc(-c2ccc([C@@H]3CC[C@@H](CC)CC3=O)cc2)cc1. The number of Topliss-reactive ketones (excluding diaryl/α,β-unsaturated/α-hetero) is 1. The molecule has 1 saturated carbocycles. The standard InChI is InChI=1S/C23H28O2/c1-3-15-25-21-12-10-19(11-13-21)18-6-8-20(9-7-18)22-14-5-17(4-2)16-23(22)24/h6-13,17,22H,3-5,14-16H2,1-2H3/t17-,22+/m1/s1. The Balaban J connectivity index is 1.69. The van der Waals surface area contributed by atoms with Gasteiger partial charge in [0.05, 0.1) is 6.61 Å². The summed E-state index contributed by atoms with van der Waals surface area (Å²) in [7, 11) is 0. The molecule has 132 valence electrons. The molecule has 0 radical (unpaired) electrons. The highest BCUT2D eigenvalue weighted by Crippen LogP contribution is 2.35. The van der Waals surface area contributed by atoms with Crippen molar-refractivity contribution in [1.82, 2.24) is 0 Å². The maximum Gasteiger partial charge on any atom is 0.140 e. The number of hydrogen-bond acceptors (Lipinski definition) is 2. The molecule has 0 heterocycles. The Labute approximate surface area is 151 Å². The fraction of sp³-hybridized carbons (Fsp3) is 0.435. The summed E-state index contributed by atoms with van der Waals surface area (Å²) in [5.41, 5.74) is 3.53. The van der Waals surface area contributed by atoms with E-state index in [2.05, 4.69) is 50.2 Å². The number of carbonyl (C=O) groups excluding carboxylic acids is 1. The topological polar surface area (TPSA) is 26.3 Å². The summed E-state index contributed by atoms with van der Waals surface area (Å²) in [5.74, 6) is 2.03. The summed E-state index contributed by atoms with van der Waals surface area (Å²) in [6.07, 6.45) is 5.06. The molecule has 0 saturated heterocycles. The van der Waals surface area contributed by atoms with Crippen LogP contribution in [-0.2, 0) is 4.79 Å². The van der Waals surface area contributed by atoms with E-state index in [-0.39, 0.29) is 5.92 Å². The molecule has 3 rings (SSSR count). The number of ether oxygens (including phenoxy) is 1. The molecule has 0 N–H and O–H groups in total. The van der Waals surface area contributed by atoms with Crippen LogP contribution in [0.15, 0.2) is 48.5 Å². The summed E-state index contributed by atoms with van der Waals surface area (Å²) < 4.78 is 5.64. The average molecular weight is 336 g/mol. The predicted octanol–water partition coefficient (Wildman–Crippen LogP) is 6.01. The molecule has 2 aromatic rings. The van der Waals surface area contributed by atoms with Crippen LogP contribution in [0, 0.1) is 5.92 Å². The molecule has 1 aliphatic rings. The van der Waals surface area contributed by atoms with Crippen molar-refractivity contribution < 1.29 is 9.53 Å². The van der Waals surface area contributed by atoms with Gasteiger partial charge in [0.25, 0.3) is 0 Å². The maximum atomic E-state index is 12.4. The van der Waals surface area contributed by atoms with Gasteiger partial charge in [-0.15, -0.1) is 0 Å². The fourth-order valence-corrected chi connectivity index (χ4v) is 3.66. The molecular formula is C23H28O2. The van der Waals surface area contributed by atoms with Crippen LogP contribution in [0.4, 0.5) is 0 Å². The molecule has 0 bridgehead atoms. The molecule has 0 spiro atoms. The van der Waals surface area contributed by atoms with E-state index >= 15 is 0 Å². The molecule has 2 atom stereocenters. The lowest BCUT2D eigenvalue weighted by Gasteiger charge is -2.27. The van der Waals surface area contributed by atoms with E-state index in [4.69, 9.17) is 4.74 Å². The molecule has 0 amide bonds. The van der Waals surface area contributed by atoms with Crippen molar-refractivity contribution in [2.45, 2.75) is 51.9 Å². The van der Waals surface area contributed by atoms with E-state index in [9.17, 15) is 4.79 Å². The average Bonchev–Trinajstić information content (AvgIpc) is 2.67. The van der Waals surface area contributed by atoms with Gasteiger partial charge in [-0.1, -0.05) is 56.7 Å². The molecular weight excluding hydrogens is 308 g/mol. The molecule has 0 aliphatic heterocycles. The Morgan fingerprint density at radius 2 is 1.56 bits per heavy atom. The van der Waals surface area contributed by atoms with E-state index in [0.717, 1.165) is 38.0 Å². The summed E-state index contributed by atoms with van der Waals surface area (Å²) in [5, 5.41) is 0. The Morgan fingerprint density at radius 3 is 2.12 bits per heavy atom. The molecule has 2 aromatic carbocycles. The van der Waals surface area contributed by atoms with Gasteiger partial charge in [-0.25, -0.2) is 0 Å². The minimum atomic E-state index is 0.0988. The second-order valence-corrected chi connectivity index (χ2v) is 7.07. The predicted molar refractivity (Wildman–Crippen MR) is 103 cm³/mol. The van der Waals surface area contributed by atoms with Crippen molar-refractivity contribution in [3.05, 3.63) is 54.1 Å². The first-order chi connectivity index (χ1) is 12.2. The van der Waals surface area contributed by atoms with Gasteiger partial charge in [-0.05, 0) is 54.0 Å². The largest absolute Gasteiger partial charge is 0.494 e. The molecule has 0 unspecified atom stereocenters. The minimum Gasteiger partial charge on any atom is -0.494 e. The zero-order valence-electron chi connectivity index (χ0n) is 15.3. The van der Waals surface area contributed by atoms with Crippen LogP contribution >= 0.6 is 0 Å². The van der Waals surface area contributed by atoms with Crippen LogP contribution in [0.3, 0.4) is 0 Å². The second-order valence-electron chi connectivity index (χ2n) is 7.07. The Kier molecular flexibility index (Phi) is 5.91. The Bertz CT molecular complexity index is 685. The normalized spacial score (nSPS) is 20.5. The zero-order chi connectivity index (χ0) is 17.6. The quantitative estimate of drug-likeness (QED) is 0.646. The van der Waals surface area contributed by atoms with Crippen LogP contribution in [0.1, 0.15) is 57.4 Å². The third-order valence-corrected chi connectivity index (χ3v) is 5.29. The molecule has 1 fully saturated rings. The Hall–Kier alpha value is -2.09. The van der Waals surface area contributed by atoms with E-state index in [1.165, 1.54) is 23.1 Å². The third kappa shape index (κ3) is 4.31. The third-order valence-electron chi connectivity index (χ3n) is 5.29. The summed E-state index contributed by atoms with van der Waals surface area (Å²) in [6, 6.07) is 16.8. The monoisotopic (exact) mass is 336 g/mol. The lowest BCUT2D eigenvalue weighted by molar-refractivity contribution is -0.123. The van der Waals surface area contributed by atoms with Crippen molar-refractivity contribution in [2.24, 2.45) is 5.92 Å². The van der Waals surface area contributed by atoms with Crippen molar-refractivity contribution in [3.8, 4) is 16.9 Å². The van der Waals surface area contributed by atoms with Crippen LogP contribution in [0.5, 0.6) is 5.75 Å². The number of ketones is 1. The first kappa shape index (κ1) is 17.7. The lowest BCUT2D eigenvalue weighted by Crippen LogP contribution is -2.23. The van der Waals surface area contributed by atoms with Gasteiger partial charge in [0.2, 0.25) is 0 Å². The van der Waals surface area contributed by atoms with Crippen molar-refractivity contribution >= 4 is 5.78 Å². The molecule has 0 aromatic heterocycles. The molecule has 2 heteroatoms. The number of rotatable bonds is 6. The first-order valence-electron chi connectivity index (χ1n) is 9.57. The second kappa shape index (κ2) is 8.33. The molecule has 1 aliphatic carbocycles. The Morgan fingerprint density at radius 1 is 0.920 bits per heavy atom. The smallest absolute Gasteiger partial charge is 0.140 e. The first-order valence-corrected chi connectivity index (χ1v) is 9.57. The highest BCUT2D eigenvalue weighted by molar-refractivity contribution is 5.86. The van der Waals surface area contributed by atoms with E-state index < -0.39 is 0 Å². The van der Waals surface area contributed by atoms with Gasteiger partial charge in [0, 0.05) is 12.3 Å². The van der Waals surface area contributed by atoms with Crippen molar-refractivity contribution in [3.63, 3.8) is 0 Å². The van der Waals surface area contributed by atoms with Crippen molar-refractivity contribution in [1.29, 1.82) is 0 Å². The summed E-state index contributed by atoms with van der Waals surface area (Å²) >= 11 is 0. The van der Waals surface area contributed by atoms with Crippen LogP contribution in [0.2, 0.25) is 0 Å². The van der Waals surface area contributed by atoms with Crippen molar-refractivity contribution in [2.75, 3.05) is 6.61 Å². The van der Waals surface area contributed by atoms with E-state index in [1.807, 2.05) is 12.1 Å². The van der Waals surface area contributed by atoms with Gasteiger partial charge in [-0.2, -0.15) is 0 Å². The fourth-order valence-electron chi connectivity index (χ4n) is 3.66. The van der Waals surface area contributed by atoms with Gasteiger partial charge >= 0.3 is 0 Å². The van der Waals surface area contributed by atoms with Gasteiger partial charge in [-0.3, -0.25) is 4.79 Å². The molecule has 2 nitrogen and oxygen atoms in total. The van der Waals surface area contributed by atoms with Crippen LogP contribution in [-0.4, -0.2) is 12.4 Å². The van der Waals surface area contributed by atoms with Crippen LogP contribution in [0.25, 0.3) is 11.1 Å². The molecule has 25 heavy (non-hydrogen) atoms. The van der Waals surface area contributed by atoms with Gasteiger partial charge in [0.15, 0.2) is 0 Å². The highest BCUT2D eigenvalue weighted by Gasteiger charge is 2.28. The van der Waals surface area contributed by atoms with E-state index in [1.54, 1.807) is 0 Å².